The molecule has 0 N–H and O–H groups in total. The molecule has 4 rings (SSSR count). The number of amides is 1. The number of aromatic nitrogens is 3. The van der Waals surface area contributed by atoms with Crippen LogP contribution in [0.25, 0.3) is 0 Å². The van der Waals surface area contributed by atoms with Crippen LogP contribution in [0.1, 0.15) is 62.6 Å². The van der Waals surface area contributed by atoms with Gasteiger partial charge in [0.2, 0.25) is 5.91 Å². The second kappa shape index (κ2) is 6.18. The number of aryl methyl sites for hydroxylation is 1. The van der Waals surface area contributed by atoms with Gasteiger partial charge in [0.25, 0.3) is 0 Å². The van der Waals surface area contributed by atoms with Crippen LogP contribution in [0.5, 0.6) is 0 Å². The Labute approximate surface area is 141 Å². The molecule has 24 heavy (non-hydrogen) atoms. The Balaban J connectivity index is 1.49. The molecule has 2 atom stereocenters. The quantitative estimate of drug-likeness (QED) is 0.780. The molecule has 3 heterocycles. The SMILES string of the molecule is CCOC(=O)C1CCCN(C(=O)C2CCc3nnc(C4CC4)n32)C1. The fourth-order valence-electron chi connectivity index (χ4n) is 3.94. The number of piperidine rings is 1. The van der Waals surface area contributed by atoms with Crippen LogP contribution in [0, 0.1) is 5.92 Å². The molecule has 1 aliphatic carbocycles. The number of fused-ring (bicyclic) bond motifs is 1. The molecule has 7 heteroatoms. The minimum Gasteiger partial charge on any atom is -0.466 e. The van der Waals surface area contributed by atoms with E-state index >= 15 is 0 Å². The lowest BCUT2D eigenvalue weighted by Crippen LogP contribution is -2.45. The molecule has 2 unspecified atom stereocenters. The molecule has 0 radical (unpaired) electrons. The zero-order valence-electron chi connectivity index (χ0n) is 14.1. The second-order valence-electron chi connectivity index (χ2n) is 7.05. The number of nitrogens with zero attached hydrogens (tertiary/aromatic N) is 4. The normalized spacial score (nSPS) is 26.3. The summed E-state index contributed by atoms with van der Waals surface area (Å²) < 4.78 is 7.21. The summed E-state index contributed by atoms with van der Waals surface area (Å²) in [5.74, 6) is 2.16. The fraction of sp³-hybridized carbons (Fsp3) is 0.765. The number of esters is 1. The third-order valence-corrected chi connectivity index (χ3v) is 5.33. The molecule has 130 valence electrons. The molecule has 1 aromatic rings. The fourth-order valence-corrected chi connectivity index (χ4v) is 3.94. The lowest BCUT2D eigenvalue weighted by Gasteiger charge is -2.33. The standard InChI is InChI=1S/C17H24N4O3/c1-2-24-17(23)12-4-3-9-20(10-12)16(22)13-7-8-14-18-19-15(21(13)14)11-5-6-11/h11-13H,2-10H2,1H3. The maximum absolute atomic E-state index is 13.1. The van der Waals surface area contributed by atoms with Crippen LogP contribution in [-0.4, -0.2) is 51.2 Å². The highest BCUT2D eigenvalue weighted by Gasteiger charge is 2.40. The van der Waals surface area contributed by atoms with Gasteiger partial charge in [-0.3, -0.25) is 9.59 Å². The van der Waals surface area contributed by atoms with Gasteiger partial charge in [-0.25, -0.2) is 0 Å². The van der Waals surface area contributed by atoms with Gasteiger partial charge in [0.1, 0.15) is 17.7 Å². The van der Waals surface area contributed by atoms with Gasteiger partial charge >= 0.3 is 5.97 Å². The van der Waals surface area contributed by atoms with Gasteiger partial charge in [-0.2, -0.15) is 0 Å². The summed E-state index contributed by atoms with van der Waals surface area (Å²) in [7, 11) is 0. The van der Waals surface area contributed by atoms with Crippen LogP contribution < -0.4 is 0 Å². The van der Waals surface area contributed by atoms with E-state index in [0.717, 1.165) is 56.7 Å². The summed E-state index contributed by atoms with van der Waals surface area (Å²) in [6.45, 7) is 3.40. The predicted molar refractivity (Wildman–Crippen MR) is 85.3 cm³/mol. The minimum atomic E-state index is -0.188. The van der Waals surface area contributed by atoms with Gasteiger partial charge in [-0.1, -0.05) is 0 Å². The first kappa shape index (κ1) is 15.6. The second-order valence-corrected chi connectivity index (χ2v) is 7.05. The van der Waals surface area contributed by atoms with Gasteiger partial charge in [0.15, 0.2) is 0 Å². The van der Waals surface area contributed by atoms with Gasteiger partial charge in [-0.05, 0) is 39.0 Å². The van der Waals surface area contributed by atoms with Crippen molar-refractivity contribution in [3.05, 3.63) is 11.6 Å². The first-order valence-corrected chi connectivity index (χ1v) is 9.08. The molecule has 0 bridgehead atoms. The molecule has 1 saturated carbocycles. The maximum atomic E-state index is 13.1. The van der Waals surface area contributed by atoms with Crippen LogP contribution in [-0.2, 0) is 20.7 Å². The number of ether oxygens (including phenoxy) is 1. The Morgan fingerprint density at radius 3 is 2.79 bits per heavy atom. The number of rotatable bonds is 4. The number of carbonyl (C=O) groups excluding carboxylic acids is 2. The minimum absolute atomic E-state index is 0.115. The number of hydrogen-bond acceptors (Lipinski definition) is 5. The van der Waals surface area contributed by atoms with Gasteiger partial charge < -0.3 is 14.2 Å². The Hall–Kier alpha value is -1.92. The average molecular weight is 332 g/mol. The van der Waals surface area contributed by atoms with Crippen molar-refractivity contribution in [3.63, 3.8) is 0 Å². The van der Waals surface area contributed by atoms with Gasteiger partial charge in [0.05, 0.1) is 12.5 Å². The van der Waals surface area contributed by atoms with Crippen molar-refractivity contribution in [2.45, 2.75) is 57.4 Å². The zero-order valence-corrected chi connectivity index (χ0v) is 14.1. The summed E-state index contributed by atoms with van der Waals surface area (Å²) in [6, 6.07) is -0.188. The van der Waals surface area contributed by atoms with Crippen LogP contribution in [0.3, 0.4) is 0 Å². The van der Waals surface area contributed by atoms with Crippen molar-refractivity contribution in [1.29, 1.82) is 0 Å². The molecule has 7 nitrogen and oxygen atoms in total. The molecule has 1 amide bonds. The highest BCUT2D eigenvalue weighted by molar-refractivity contribution is 5.82. The van der Waals surface area contributed by atoms with Crippen molar-refractivity contribution in [2.24, 2.45) is 5.92 Å². The average Bonchev–Trinajstić information content (AvgIpc) is 3.22. The molecule has 0 spiro atoms. The van der Waals surface area contributed by atoms with E-state index < -0.39 is 0 Å². The number of hydrogen-bond donors (Lipinski definition) is 0. The third kappa shape index (κ3) is 2.70. The van der Waals surface area contributed by atoms with Crippen LogP contribution >= 0.6 is 0 Å². The Bertz CT molecular complexity index is 652. The van der Waals surface area contributed by atoms with Crippen LogP contribution in [0.2, 0.25) is 0 Å². The van der Waals surface area contributed by atoms with E-state index in [9.17, 15) is 9.59 Å². The van der Waals surface area contributed by atoms with Crippen molar-refractivity contribution in [3.8, 4) is 0 Å². The molecular formula is C17H24N4O3. The summed E-state index contributed by atoms with van der Waals surface area (Å²) in [4.78, 5) is 26.9. The summed E-state index contributed by atoms with van der Waals surface area (Å²) in [5.41, 5.74) is 0. The molecule has 2 aliphatic heterocycles. The molecule has 1 aromatic heterocycles. The lowest BCUT2D eigenvalue weighted by atomic mass is 9.97. The zero-order chi connectivity index (χ0) is 16.7. The Morgan fingerprint density at radius 2 is 2.04 bits per heavy atom. The van der Waals surface area contributed by atoms with E-state index in [2.05, 4.69) is 14.8 Å². The topological polar surface area (TPSA) is 77.3 Å². The molecule has 0 aromatic carbocycles. The monoisotopic (exact) mass is 332 g/mol. The van der Waals surface area contributed by atoms with E-state index in [-0.39, 0.29) is 23.8 Å². The van der Waals surface area contributed by atoms with Crippen molar-refractivity contribution in [1.82, 2.24) is 19.7 Å². The lowest BCUT2D eigenvalue weighted by molar-refractivity contribution is -0.151. The summed E-state index contributed by atoms with van der Waals surface area (Å²) >= 11 is 0. The van der Waals surface area contributed by atoms with E-state index in [4.69, 9.17) is 4.74 Å². The Kier molecular flexibility index (Phi) is 4.02. The highest BCUT2D eigenvalue weighted by atomic mass is 16.5. The predicted octanol–water partition coefficient (Wildman–Crippen LogP) is 1.44. The van der Waals surface area contributed by atoms with Gasteiger partial charge in [-0.15, -0.1) is 10.2 Å². The molecule has 2 fully saturated rings. The molecular weight excluding hydrogens is 308 g/mol. The largest absolute Gasteiger partial charge is 0.466 e. The van der Waals surface area contributed by atoms with Crippen molar-refractivity contribution in [2.75, 3.05) is 19.7 Å². The summed E-state index contributed by atoms with van der Waals surface area (Å²) in [5, 5.41) is 8.58. The highest BCUT2D eigenvalue weighted by Crippen LogP contribution is 2.42. The van der Waals surface area contributed by atoms with E-state index in [1.807, 2.05) is 11.8 Å². The van der Waals surface area contributed by atoms with Crippen molar-refractivity contribution < 1.29 is 14.3 Å². The molecule has 1 saturated heterocycles. The van der Waals surface area contributed by atoms with E-state index in [1.54, 1.807) is 0 Å². The van der Waals surface area contributed by atoms with Crippen LogP contribution in [0.15, 0.2) is 0 Å². The number of likely N-dealkylation sites (tertiary alicyclic amines) is 1. The van der Waals surface area contributed by atoms with Crippen LogP contribution in [0.4, 0.5) is 0 Å². The third-order valence-electron chi connectivity index (χ3n) is 5.33. The smallest absolute Gasteiger partial charge is 0.310 e. The first-order chi connectivity index (χ1) is 11.7. The van der Waals surface area contributed by atoms with Gasteiger partial charge in [0, 0.05) is 25.4 Å². The Morgan fingerprint density at radius 1 is 1.21 bits per heavy atom. The summed E-state index contributed by atoms with van der Waals surface area (Å²) in [6.07, 6.45) is 5.56. The van der Waals surface area contributed by atoms with E-state index in [1.165, 1.54) is 0 Å². The maximum Gasteiger partial charge on any atom is 0.310 e. The van der Waals surface area contributed by atoms with Crippen molar-refractivity contribution >= 4 is 11.9 Å². The molecule has 3 aliphatic rings. The first-order valence-electron chi connectivity index (χ1n) is 9.08. The number of carbonyl (C=O) groups is 2. The van der Waals surface area contributed by atoms with E-state index in [0.29, 0.717) is 19.1 Å².